The van der Waals surface area contributed by atoms with E-state index in [4.69, 9.17) is 20.8 Å². The maximum absolute atomic E-state index is 13.3. The van der Waals surface area contributed by atoms with Crippen molar-refractivity contribution >= 4 is 40.8 Å². The summed E-state index contributed by atoms with van der Waals surface area (Å²) in [5.41, 5.74) is 2.11. The Morgan fingerprint density at radius 3 is 2.39 bits per heavy atom. The number of thioether (sulfide) groups is 1. The molecule has 0 aliphatic carbocycles. The topological polar surface area (TPSA) is 59.8 Å². The molecule has 1 aliphatic rings. The highest BCUT2D eigenvalue weighted by Gasteiger charge is 2.39. The predicted molar refractivity (Wildman–Crippen MR) is 122 cm³/mol. The van der Waals surface area contributed by atoms with E-state index in [-0.39, 0.29) is 11.8 Å². The van der Waals surface area contributed by atoms with Crippen LogP contribution in [0.3, 0.4) is 0 Å². The van der Waals surface area contributed by atoms with E-state index in [1.807, 2.05) is 18.2 Å². The molecule has 1 aromatic heterocycles. The molecule has 5 nitrogen and oxygen atoms in total. The Morgan fingerprint density at radius 1 is 1.00 bits per heavy atom. The second kappa shape index (κ2) is 9.45. The Morgan fingerprint density at radius 2 is 1.74 bits per heavy atom. The number of hydrogen-bond donors (Lipinski definition) is 0. The van der Waals surface area contributed by atoms with E-state index in [1.165, 1.54) is 16.7 Å². The van der Waals surface area contributed by atoms with Gasteiger partial charge in [0.15, 0.2) is 0 Å². The molecule has 0 radical (unpaired) electrons. The summed E-state index contributed by atoms with van der Waals surface area (Å²) >= 11 is 7.26. The van der Waals surface area contributed by atoms with Crippen molar-refractivity contribution in [1.82, 2.24) is 4.90 Å². The Balaban J connectivity index is 1.59. The van der Waals surface area contributed by atoms with Gasteiger partial charge in [-0.3, -0.25) is 14.5 Å². The summed E-state index contributed by atoms with van der Waals surface area (Å²) in [6, 6.07) is 18.2. The van der Waals surface area contributed by atoms with Crippen molar-refractivity contribution in [2.24, 2.45) is 0 Å². The number of hydrogen-bond acceptors (Lipinski definition) is 5. The van der Waals surface area contributed by atoms with Crippen LogP contribution >= 0.6 is 23.4 Å². The average Bonchev–Trinajstić information content (AvgIpc) is 3.39. The number of imide groups is 1. The van der Waals surface area contributed by atoms with Crippen LogP contribution in [0.2, 0.25) is 5.02 Å². The molecule has 0 atom stereocenters. The van der Waals surface area contributed by atoms with Crippen LogP contribution in [-0.2, 0) is 21.8 Å². The third kappa shape index (κ3) is 4.70. The van der Waals surface area contributed by atoms with E-state index in [0.29, 0.717) is 45.5 Å². The summed E-state index contributed by atoms with van der Waals surface area (Å²) in [6.45, 7) is 0.295. The van der Waals surface area contributed by atoms with Crippen molar-refractivity contribution < 1.29 is 18.7 Å². The lowest BCUT2D eigenvalue weighted by atomic mass is 10.1. The number of methoxy groups -OCH3 is 1. The lowest BCUT2D eigenvalue weighted by Gasteiger charge is -2.15. The molecule has 2 amide bonds. The zero-order chi connectivity index (χ0) is 21.8. The Bertz CT molecular complexity index is 1110. The quantitative estimate of drug-likeness (QED) is 0.439. The van der Waals surface area contributed by atoms with Crippen molar-refractivity contribution in [2.75, 3.05) is 13.7 Å². The molecule has 0 N–H and O–H groups in total. The van der Waals surface area contributed by atoms with Crippen molar-refractivity contribution in [3.05, 3.63) is 93.7 Å². The first-order valence-electron chi connectivity index (χ1n) is 9.71. The first kappa shape index (κ1) is 21.3. The van der Waals surface area contributed by atoms with Crippen LogP contribution in [0, 0.1) is 0 Å². The van der Waals surface area contributed by atoms with Gasteiger partial charge in [0.2, 0.25) is 0 Å². The molecule has 1 aliphatic heterocycles. The van der Waals surface area contributed by atoms with Gasteiger partial charge in [-0.25, -0.2) is 0 Å². The molecule has 0 saturated carbocycles. The van der Waals surface area contributed by atoms with Crippen LogP contribution in [0.5, 0.6) is 5.75 Å². The number of benzene rings is 2. The maximum atomic E-state index is 13.3. The summed E-state index contributed by atoms with van der Waals surface area (Å²) < 4.78 is 10.6. The highest BCUT2D eigenvalue weighted by molar-refractivity contribution is 8.03. The molecule has 2 heterocycles. The van der Waals surface area contributed by atoms with Gasteiger partial charge < -0.3 is 9.15 Å². The molecule has 0 fully saturated rings. The smallest absolute Gasteiger partial charge is 0.268 e. The van der Waals surface area contributed by atoms with E-state index >= 15 is 0 Å². The summed E-state index contributed by atoms with van der Waals surface area (Å²) in [5, 5.41) is 0.650. The zero-order valence-corrected chi connectivity index (χ0v) is 18.4. The number of halogens is 1. The molecule has 7 heteroatoms. The van der Waals surface area contributed by atoms with Gasteiger partial charge >= 0.3 is 0 Å². The molecule has 0 bridgehead atoms. The van der Waals surface area contributed by atoms with E-state index in [0.717, 1.165) is 11.3 Å². The number of furan rings is 1. The first-order valence-corrected chi connectivity index (χ1v) is 11.1. The molecular formula is C24H20ClNO4S. The zero-order valence-electron chi connectivity index (χ0n) is 16.8. The lowest BCUT2D eigenvalue weighted by molar-refractivity contribution is -0.136. The third-order valence-corrected chi connectivity index (χ3v) is 6.33. The van der Waals surface area contributed by atoms with Crippen LogP contribution in [0.1, 0.15) is 16.9 Å². The van der Waals surface area contributed by atoms with Crippen molar-refractivity contribution in [1.29, 1.82) is 0 Å². The van der Waals surface area contributed by atoms with Crippen LogP contribution in [-0.4, -0.2) is 30.4 Å². The summed E-state index contributed by atoms with van der Waals surface area (Å²) in [7, 11) is 1.58. The number of carbonyl (C=O) groups excluding carboxylic acids is 2. The molecule has 0 spiro atoms. The van der Waals surface area contributed by atoms with Gasteiger partial charge in [0, 0.05) is 11.6 Å². The monoisotopic (exact) mass is 453 g/mol. The van der Waals surface area contributed by atoms with Crippen LogP contribution in [0.4, 0.5) is 0 Å². The van der Waals surface area contributed by atoms with Gasteiger partial charge in [-0.1, -0.05) is 35.9 Å². The normalized spacial score (nSPS) is 13.9. The predicted octanol–water partition coefficient (Wildman–Crippen LogP) is 5.20. The third-order valence-electron chi connectivity index (χ3n) is 4.98. The number of ether oxygens (including phenoxy) is 1. The van der Waals surface area contributed by atoms with E-state index in [9.17, 15) is 9.59 Å². The van der Waals surface area contributed by atoms with Crippen LogP contribution in [0.15, 0.2) is 76.2 Å². The van der Waals surface area contributed by atoms with Crippen molar-refractivity contribution in [3.8, 4) is 5.75 Å². The minimum atomic E-state index is -0.286. The van der Waals surface area contributed by atoms with Crippen LogP contribution < -0.4 is 4.74 Å². The Kier molecular flexibility index (Phi) is 6.49. The first-order chi connectivity index (χ1) is 15.1. The van der Waals surface area contributed by atoms with Gasteiger partial charge in [-0.2, -0.15) is 0 Å². The molecule has 0 unspecified atom stereocenters. The maximum Gasteiger partial charge on any atom is 0.268 e. The number of amides is 2. The molecule has 3 aromatic rings. The number of nitrogens with zero attached hydrogens (tertiary/aromatic N) is 1. The summed E-state index contributed by atoms with van der Waals surface area (Å²) in [6.07, 6.45) is 2.15. The highest BCUT2D eigenvalue weighted by atomic mass is 35.5. The van der Waals surface area contributed by atoms with Gasteiger partial charge in [0.05, 0.1) is 29.6 Å². The number of rotatable bonds is 8. The van der Waals surface area contributed by atoms with Gasteiger partial charge in [-0.15, -0.1) is 11.8 Å². The SMILES string of the molecule is COc1ccc(C2=C(SCc3ccco3)C(=O)N(CCc3ccc(Cl)cc3)C2=O)cc1. The lowest BCUT2D eigenvalue weighted by Crippen LogP contribution is -2.33. The fourth-order valence-corrected chi connectivity index (χ4v) is 4.49. The standard InChI is InChI=1S/C24H20ClNO4S/c1-29-19-10-6-17(7-11-19)21-22(31-15-20-3-2-14-30-20)24(28)26(23(21)27)13-12-16-4-8-18(25)9-5-16/h2-11,14H,12-13,15H2,1H3. The minimum absolute atomic E-state index is 0.277. The van der Waals surface area contributed by atoms with E-state index in [2.05, 4.69) is 0 Å². The largest absolute Gasteiger partial charge is 0.497 e. The Labute approximate surface area is 189 Å². The molecule has 31 heavy (non-hydrogen) atoms. The average molecular weight is 454 g/mol. The molecule has 158 valence electrons. The van der Waals surface area contributed by atoms with Crippen molar-refractivity contribution in [3.63, 3.8) is 0 Å². The van der Waals surface area contributed by atoms with Gasteiger partial charge in [0.25, 0.3) is 11.8 Å². The van der Waals surface area contributed by atoms with Gasteiger partial charge in [-0.05, 0) is 53.9 Å². The fraction of sp³-hybridized carbons (Fsp3) is 0.167. The molecule has 4 rings (SSSR count). The van der Waals surface area contributed by atoms with Crippen molar-refractivity contribution in [2.45, 2.75) is 12.2 Å². The summed E-state index contributed by atoms with van der Waals surface area (Å²) in [5.74, 6) is 1.33. The molecule has 0 saturated heterocycles. The Hall–Kier alpha value is -2.96. The minimum Gasteiger partial charge on any atom is -0.497 e. The van der Waals surface area contributed by atoms with Crippen LogP contribution in [0.25, 0.3) is 5.57 Å². The van der Waals surface area contributed by atoms with E-state index in [1.54, 1.807) is 55.8 Å². The molecule has 2 aromatic carbocycles. The van der Waals surface area contributed by atoms with E-state index < -0.39 is 0 Å². The van der Waals surface area contributed by atoms with Gasteiger partial charge in [0.1, 0.15) is 11.5 Å². The summed E-state index contributed by atoms with van der Waals surface area (Å²) in [4.78, 5) is 28.2. The second-order valence-electron chi connectivity index (χ2n) is 6.94. The highest BCUT2D eigenvalue weighted by Crippen LogP contribution is 2.38. The fourth-order valence-electron chi connectivity index (χ4n) is 3.33. The second-order valence-corrected chi connectivity index (χ2v) is 8.36. The number of carbonyl (C=O) groups is 2. The molecular weight excluding hydrogens is 434 g/mol.